The lowest BCUT2D eigenvalue weighted by molar-refractivity contribution is -0.112. The van der Waals surface area contributed by atoms with Crippen LogP contribution in [0, 0.1) is 18.3 Å². The number of methoxy groups -OCH3 is 1. The highest BCUT2D eigenvalue weighted by Crippen LogP contribution is 2.20. The van der Waals surface area contributed by atoms with E-state index in [0.29, 0.717) is 23.9 Å². The molecule has 0 unspecified atom stereocenters. The van der Waals surface area contributed by atoms with Gasteiger partial charge in [-0.3, -0.25) is 4.79 Å². The van der Waals surface area contributed by atoms with Crippen LogP contribution in [-0.2, 0) is 9.53 Å². The number of aryl methyl sites for hydroxylation is 1. The lowest BCUT2D eigenvalue weighted by Crippen LogP contribution is -2.18. The molecular formula is C14H16ClN3O2. The average Bonchev–Trinajstić information content (AvgIpc) is 2.43. The van der Waals surface area contributed by atoms with E-state index in [1.54, 1.807) is 25.3 Å². The molecule has 6 heteroatoms. The molecule has 0 aliphatic rings. The van der Waals surface area contributed by atoms with E-state index in [2.05, 4.69) is 10.6 Å². The van der Waals surface area contributed by atoms with Gasteiger partial charge in [0.15, 0.2) is 0 Å². The molecule has 5 nitrogen and oxygen atoms in total. The minimum absolute atomic E-state index is 0.0159. The lowest BCUT2D eigenvalue weighted by Gasteiger charge is -2.06. The van der Waals surface area contributed by atoms with Crippen LogP contribution in [0.1, 0.15) is 5.56 Å². The molecule has 1 amide bonds. The van der Waals surface area contributed by atoms with Gasteiger partial charge in [0.25, 0.3) is 5.91 Å². The number of amides is 1. The number of anilines is 1. The maximum Gasteiger partial charge on any atom is 0.267 e. The van der Waals surface area contributed by atoms with Crippen molar-refractivity contribution < 1.29 is 9.53 Å². The Morgan fingerprint density at radius 3 is 2.90 bits per heavy atom. The van der Waals surface area contributed by atoms with Gasteiger partial charge in [0.1, 0.15) is 11.6 Å². The molecule has 0 aliphatic heterocycles. The molecule has 0 spiro atoms. The SMILES string of the molecule is COCCN/C=C(/C#N)C(=O)Nc1ccc(C)c(Cl)c1. The molecule has 0 heterocycles. The van der Waals surface area contributed by atoms with Crippen molar-refractivity contribution in [3.63, 3.8) is 0 Å². The minimum Gasteiger partial charge on any atom is -0.387 e. The Labute approximate surface area is 123 Å². The van der Waals surface area contributed by atoms with E-state index in [0.717, 1.165) is 5.56 Å². The van der Waals surface area contributed by atoms with Gasteiger partial charge in [-0.05, 0) is 24.6 Å². The Kier molecular flexibility index (Phi) is 6.57. The van der Waals surface area contributed by atoms with Crippen molar-refractivity contribution in [1.29, 1.82) is 5.26 Å². The number of carbonyl (C=O) groups is 1. The summed E-state index contributed by atoms with van der Waals surface area (Å²) >= 11 is 5.97. The Hall–Kier alpha value is -2.03. The molecule has 0 atom stereocenters. The second-order valence-electron chi connectivity index (χ2n) is 4.03. The van der Waals surface area contributed by atoms with E-state index in [1.165, 1.54) is 6.20 Å². The van der Waals surface area contributed by atoms with Crippen molar-refractivity contribution in [1.82, 2.24) is 5.32 Å². The Morgan fingerprint density at radius 2 is 2.30 bits per heavy atom. The number of nitriles is 1. The molecule has 1 aromatic rings. The fourth-order valence-electron chi connectivity index (χ4n) is 1.35. The third kappa shape index (κ3) is 4.92. The quantitative estimate of drug-likeness (QED) is 0.479. The van der Waals surface area contributed by atoms with Crippen LogP contribution in [0.5, 0.6) is 0 Å². The molecule has 106 valence electrons. The van der Waals surface area contributed by atoms with E-state index in [1.807, 2.05) is 13.0 Å². The first kappa shape index (κ1) is 16.0. The van der Waals surface area contributed by atoms with Crippen LogP contribution in [0.2, 0.25) is 5.02 Å². The standard InChI is InChI=1S/C14H16ClN3O2/c1-10-3-4-12(7-13(10)15)18-14(19)11(8-16)9-17-5-6-20-2/h3-4,7,9,17H,5-6H2,1-2H3,(H,18,19)/b11-9-. The predicted octanol–water partition coefficient (Wildman–Crippen LogP) is 2.23. The highest BCUT2D eigenvalue weighted by atomic mass is 35.5. The third-order valence-corrected chi connectivity index (χ3v) is 2.90. The van der Waals surface area contributed by atoms with Crippen molar-refractivity contribution in [3.05, 3.63) is 40.6 Å². The van der Waals surface area contributed by atoms with E-state index in [4.69, 9.17) is 21.6 Å². The van der Waals surface area contributed by atoms with Crippen LogP contribution in [0.15, 0.2) is 30.0 Å². The third-order valence-electron chi connectivity index (χ3n) is 2.49. The second kappa shape index (κ2) is 8.20. The van der Waals surface area contributed by atoms with Crippen molar-refractivity contribution in [3.8, 4) is 6.07 Å². The topological polar surface area (TPSA) is 74.1 Å². The molecule has 0 aromatic heterocycles. The van der Waals surface area contributed by atoms with Gasteiger partial charge < -0.3 is 15.4 Å². The van der Waals surface area contributed by atoms with Gasteiger partial charge in [0.05, 0.1) is 6.61 Å². The molecular weight excluding hydrogens is 278 g/mol. The highest BCUT2D eigenvalue weighted by Gasteiger charge is 2.09. The summed E-state index contributed by atoms with van der Waals surface area (Å²) in [6.07, 6.45) is 1.37. The summed E-state index contributed by atoms with van der Waals surface area (Å²) in [5.74, 6) is -0.489. The van der Waals surface area contributed by atoms with Gasteiger partial charge >= 0.3 is 0 Å². The molecule has 0 saturated carbocycles. The van der Waals surface area contributed by atoms with Crippen molar-refractivity contribution >= 4 is 23.2 Å². The number of halogens is 1. The van der Waals surface area contributed by atoms with Gasteiger partial charge in [-0.2, -0.15) is 5.26 Å². The zero-order valence-corrected chi connectivity index (χ0v) is 12.1. The molecule has 0 radical (unpaired) electrons. The number of hydrogen-bond acceptors (Lipinski definition) is 4. The fourth-order valence-corrected chi connectivity index (χ4v) is 1.53. The number of benzene rings is 1. The molecule has 20 heavy (non-hydrogen) atoms. The molecule has 1 rings (SSSR count). The van der Waals surface area contributed by atoms with Crippen molar-refractivity contribution in [2.75, 3.05) is 25.6 Å². The monoisotopic (exact) mass is 293 g/mol. The van der Waals surface area contributed by atoms with Gasteiger partial charge in [-0.15, -0.1) is 0 Å². The van der Waals surface area contributed by atoms with E-state index in [-0.39, 0.29) is 5.57 Å². The molecule has 0 fully saturated rings. The van der Waals surface area contributed by atoms with E-state index in [9.17, 15) is 4.79 Å². The molecule has 0 aliphatic carbocycles. The van der Waals surface area contributed by atoms with Gasteiger partial charge in [-0.1, -0.05) is 17.7 Å². The van der Waals surface area contributed by atoms with Gasteiger partial charge in [0.2, 0.25) is 0 Å². The second-order valence-corrected chi connectivity index (χ2v) is 4.44. The number of nitrogens with zero attached hydrogens (tertiary/aromatic N) is 1. The van der Waals surface area contributed by atoms with Crippen molar-refractivity contribution in [2.24, 2.45) is 0 Å². The normalized spacial score (nSPS) is 10.8. The van der Waals surface area contributed by atoms with Crippen molar-refractivity contribution in [2.45, 2.75) is 6.92 Å². The Bertz CT molecular complexity index is 550. The molecule has 2 N–H and O–H groups in total. The average molecular weight is 294 g/mol. The van der Waals surface area contributed by atoms with Crippen LogP contribution in [-0.4, -0.2) is 26.2 Å². The fraction of sp³-hybridized carbons (Fsp3) is 0.286. The smallest absolute Gasteiger partial charge is 0.267 e. The van der Waals surface area contributed by atoms with Crippen LogP contribution in [0.25, 0.3) is 0 Å². The summed E-state index contributed by atoms with van der Waals surface area (Å²) < 4.78 is 4.85. The van der Waals surface area contributed by atoms with Crippen LogP contribution in [0.4, 0.5) is 5.69 Å². The summed E-state index contributed by atoms with van der Waals surface area (Å²) in [5.41, 5.74) is 1.45. The summed E-state index contributed by atoms with van der Waals surface area (Å²) in [6.45, 7) is 2.88. The number of ether oxygens (including phenoxy) is 1. The van der Waals surface area contributed by atoms with Crippen LogP contribution < -0.4 is 10.6 Å². The maximum atomic E-state index is 11.9. The molecule has 0 saturated heterocycles. The summed E-state index contributed by atoms with van der Waals surface area (Å²) in [5, 5.41) is 15.0. The van der Waals surface area contributed by atoms with Gasteiger partial charge in [0, 0.05) is 30.6 Å². The summed E-state index contributed by atoms with van der Waals surface area (Å²) in [6, 6.07) is 7.00. The first-order valence-corrected chi connectivity index (χ1v) is 6.36. The predicted molar refractivity (Wildman–Crippen MR) is 78.4 cm³/mol. The number of nitrogens with one attached hydrogen (secondary N) is 2. The number of hydrogen-bond donors (Lipinski definition) is 2. The molecule has 1 aromatic carbocycles. The zero-order valence-electron chi connectivity index (χ0n) is 11.4. The minimum atomic E-state index is -0.489. The number of rotatable bonds is 6. The number of carbonyl (C=O) groups excluding carboxylic acids is 1. The lowest BCUT2D eigenvalue weighted by atomic mass is 10.2. The van der Waals surface area contributed by atoms with E-state index >= 15 is 0 Å². The largest absolute Gasteiger partial charge is 0.387 e. The highest BCUT2D eigenvalue weighted by molar-refractivity contribution is 6.31. The Morgan fingerprint density at radius 1 is 1.55 bits per heavy atom. The zero-order chi connectivity index (χ0) is 15.0. The Balaban J connectivity index is 2.67. The maximum absolute atomic E-state index is 11.9. The summed E-state index contributed by atoms with van der Waals surface area (Å²) in [7, 11) is 1.57. The first-order chi connectivity index (χ1) is 9.58. The van der Waals surface area contributed by atoms with E-state index < -0.39 is 5.91 Å². The first-order valence-electron chi connectivity index (χ1n) is 5.98. The van der Waals surface area contributed by atoms with Gasteiger partial charge in [-0.25, -0.2) is 0 Å². The van der Waals surface area contributed by atoms with Crippen LogP contribution in [0.3, 0.4) is 0 Å². The molecule has 0 bridgehead atoms. The summed E-state index contributed by atoms with van der Waals surface area (Å²) in [4.78, 5) is 11.9. The van der Waals surface area contributed by atoms with Crippen LogP contribution >= 0.6 is 11.6 Å².